The fourth-order valence-corrected chi connectivity index (χ4v) is 3.71. The van der Waals surface area contributed by atoms with Crippen molar-refractivity contribution < 1.29 is 19.1 Å². The van der Waals surface area contributed by atoms with Gasteiger partial charge in [0.15, 0.2) is 0 Å². The number of ether oxygens (including phenoxy) is 2. The van der Waals surface area contributed by atoms with Crippen LogP contribution >= 0.6 is 0 Å². The zero-order valence-electron chi connectivity index (χ0n) is 20.9. The van der Waals surface area contributed by atoms with Crippen molar-refractivity contribution in [3.05, 3.63) is 77.9 Å². The normalized spacial score (nSPS) is 10.6. The van der Waals surface area contributed by atoms with E-state index in [-0.39, 0.29) is 18.4 Å². The third kappa shape index (κ3) is 7.24. The van der Waals surface area contributed by atoms with Crippen LogP contribution in [0.2, 0.25) is 0 Å². The first-order chi connectivity index (χ1) is 16.8. The quantitative estimate of drug-likeness (QED) is 0.409. The Morgan fingerprint density at radius 3 is 2.14 bits per heavy atom. The standard InChI is InChI=1S/C28H33N3O4/c1-19(2)22-8-6-21(7-9-22)17-31(24-11-13-25(34-4)14-12-24)18-28(33)30-26-16-23(29-20(3)32)10-15-27(26)35-5/h6-16,19H,17-18H2,1-5H3,(H,29,32)(H,30,33). The van der Waals surface area contributed by atoms with E-state index < -0.39 is 0 Å². The van der Waals surface area contributed by atoms with E-state index in [9.17, 15) is 9.59 Å². The molecule has 0 unspecified atom stereocenters. The van der Waals surface area contributed by atoms with Crippen molar-refractivity contribution in [1.29, 1.82) is 0 Å². The van der Waals surface area contributed by atoms with Crippen LogP contribution in [-0.2, 0) is 16.1 Å². The first-order valence-electron chi connectivity index (χ1n) is 11.5. The van der Waals surface area contributed by atoms with Crippen LogP contribution in [-0.4, -0.2) is 32.6 Å². The molecule has 3 aromatic carbocycles. The van der Waals surface area contributed by atoms with E-state index in [2.05, 4.69) is 48.7 Å². The van der Waals surface area contributed by atoms with Crippen LogP contribution in [0.3, 0.4) is 0 Å². The van der Waals surface area contributed by atoms with Crippen molar-refractivity contribution in [3.8, 4) is 11.5 Å². The van der Waals surface area contributed by atoms with Gasteiger partial charge in [-0.05, 0) is 59.5 Å². The third-order valence-corrected chi connectivity index (χ3v) is 5.59. The van der Waals surface area contributed by atoms with Gasteiger partial charge in [-0.3, -0.25) is 9.59 Å². The van der Waals surface area contributed by atoms with E-state index in [1.165, 1.54) is 19.6 Å². The van der Waals surface area contributed by atoms with E-state index in [4.69, 9.17) is 9.47 Å². The molecule has 35 heavy (non-hydrogen) atoms. The number of carbonyl (C=O) groups is 2. The molecule has 0 saturated carbocycles. The van der Waals surface area contributed by atoms with Gasteiger partial charge in [-0.2, -0.15) is 0 Å². The lowest BCUT2D eigenvalue weighted by atomic mass is 10.0. The Morgan fingerprint density at radius 1 is 0.886 bits per heavy atom. The molecule has 7 heteroatoms. The van der Waals surface area contributed by atoms with Gasteiger partial charge in [-0.1, -0.05) is 38.1 Å². The number of anilines is 3. The smallest absolute Gasteiger partial charge is 0.244 e. The molecule has 0 radical (unpaired) electrons. The molecule has 0 heterocycles. The van der Waals surface area contributed by atoms with Gasteiger partial charge in [0, 0.05) is 24.8 Å². The summed E-state index contributed by atoms with van der Waals surface area (Å²) in [5, 5.41) is 5.65. The average molecular weight is 476 g/mol. The Bertz CT molecular complexity index is 1140. The lowest BCUT2D eigenvalue weighted by Gasteiger charge is -2.25. The Balaban J connectivity index is 1.82. The second kappa shape index (κ2) is 11.9. The van der Waals surface area contributed by atoms with Crippen molar-refractivity contribution in [2.45, 2.75) is 33.2 Å². The number of hydrogen-bond donors (Lipinski definition) is 2. The number of nitrogens with zero attached hydrogens (tertiary/aromatic N) is 1. The van der Waals surface area contributed by atoms with Gasteiger partial charge in [0.2, 0.25) is 11.8 Å². The molecular weight excluding hydrogens is 442 g/mol. The zero-order chi connectivity index (χ0) is 25.4. The minimum absolute atomic E-state index is 0.117. The fourth-order valence-electron chi connectivity index (χ4n) is 3.71. The number of benzene rings is 3. The molecule has 184 valence electrons. The lowest BCUT2D eigenvalue weighted by Crippen LogP contribution is -2.33. The number of nitrogens with one attached hydrogen (secondary N) is 2. The number of methoxy groups -OCH3 is 2. The molecule has 2 N–H and O–H groups in total. The maximum absolute atomic E-state index is 13.1. The van der Waals surface area contributed by atoms with Crippen LogP contribution in [0, 0.1) is 0 Å². The van der Waals surface area contributed by atoms with Gasteiger partial charge in [0.05, 0.1) is 26.5 Å². The Hall–Kier alpha value is -4.00. The van der Waals surface area contributed by atoms with Crippen LogP contribution in [0.4, 0.5) is 17.1 Å². The molecule has 0 aliphatic carbocycles. The maximum Gasteiger partial charge on any atom is 0.244 e. The minimum Gasteiger partial charge on any atom is -0.497 e. The molecule has 0 atom stereocenters. The summed E-state index contributed by atoms with van der Waals surface area (Å²) in [6.07, 6.45) is 0. The number of carbonyl (C=O) groups excluding carboxylic acids is 2. The minimum atomic E-state index is -0.210. The molecule has 3 rings (SSSR count). The molecule has 0 fully saturated rings. The van der Waals surface area contributed by atoms with Crippen molar-refractivity contribution in [1.82, 2.24) is 0 Å². The van der Waals surface area contributed by atoms with E-state index in [1.54, 1.807) is 25.3 Å². The number of hydrogen-bond acceptors (Lipinski definition) is 5. The van der Waals surface area contributed by atoms with Gasteiger partial charge in [0.25, 0.3) is 0 Å². The maximum atomic E-state index is 13.1. The van der Waals surface area contributed by atoms with E-state index in [0.29, 0.717) is 29.6 Å². The molecule has 0 saturated heterocycles. The van der Waals surface area contributed by atoms with Gasteiger partial charge in [0.1, 0.15) is 11.5 Å². The third-order valence-electron chi connectivity index (χ3n) is 5.59. The van der Waals surface area contributed by atoms with Crippen molar-refractivity contribution in [3.63, 3.8) is 0 Å². The fraction of sp³-hybridized carbons (Fsp3) is 0.286. The van der Waals surface area contributed by atoms with Gasteiger partial charge in [-0.15, -0.1) is 0 Å². The highest BCUT2D eigenvalue weighted by molar-refractivity contribution is 5.97. The highest BCUT2D eigenvalue weighted by Gasteiger charge is 2.16. The zero-order valence-corrected chi connectivity index (χ0v) is 20.9. The van der Waals surface area contributed by atoms with Crippen molar-refractivity contribution in [2.24, 2.45) is 0 Å². The summed E-state index contributed by atoms with van der Waals surface area (Å²) in [5.41, 5.74) is 4.33. The van der Waals surface area contributed by atoms with Crippen LogP contribution in [0.25, 0.3) is 0 Å². The van der Waals surface area contributed by atoms with Gasteiger partial charge in [-0.25, -0.2) is 0 Å². The predicted octanol–water partition coefficient (Wildman–Crippen LogP) is 5.43. The highest BCUT2D eigenvalue weighted by atomic mass is 16.5. The van der Waals surface area contributed by atoms with Crippen molar-refractivity contribution in [2.75, 3.05) is 36.3 Å². The predicted molar refractivity (Wildman–Crippen MR) is 141 cm³/mol. The molecule has 0 spiro atoms. The Morgan fingerprint density at radius 2 is 1.57 bits per heavy atom. The molecule has 0 bridgehead atoms. The largest absolute Gasteiger partial charge is 0.497 e. The topological polar surface area (TPSA) is 79.9 Å². The summed E-state index contributed by atoms with van der Waals surface area (Å²) in [7, 11) is 3.16. The van der Waals surface area contributed by atoms with Crippen LogP contribution in [0.1, 0.15) is 37.8 Å². The van der Waals surface area contributed by atoms with Crippen LogP contribution in [0.15, 0.2) is 66.7 Å². The first kappa shape index (κ1) is 25.6. The lowest BCUT2D eigenvalue weighted by molar-refractivity contribution is -0.115. The molecular formula is C28H33N3O4. The second-order valence-corrected chi connectivity index (χ2v) is 8.59. The molecule has 0 aliphatic heterocycles. The van der Waals surface area contributed by atoms with Crippen LogP contribution < -0.4 is 25.0 Å². The summed E-state index contributed by atoms with van der Waals surface area (Å²) >= 11 is 0. The summed E-state index contributed by atoms with van der Waals surface area (Å²) in [6, 6.07) is 21.2. The summed E-state index contributed by atoms with van der Waals surface area (Å²) in [4.78, 5) is 26.6. The van der Waals surface area contributed by atoms with E-state index >= 15 is 0 Å². The van der Waals surface area contributed by atoms with E-state index in [0.717, 1.165) is 17.0 Å². The van der Waals surface area contributed by atoms with Gasteiger partial charge >= 0.3 is 0 Å². The Labute approximate surface area is 207 Å². The molecule has 3 aromatic rings. The SMILES string of the molecule is COc1ccc(N(CC(=O)Nc2cc(NC(C)=O)ccc2OC)Cc2ccc(C(C)C)cc2)cc1. The molecule has 0 aromatic heterocycles. The second-order valence-electron chi connectivity index (χ2n) is 8.59. The number of rotatable bonds is 10. The molecule has 0 aliphatic rings. The summed E-state index contributed by atoms with van der Waals surface area (Å²) in [6.45, 7) is 6.44. The van der Waals surface area contributed by atoms with E-state index in [1.807, 2.05) is 29.2 Å². The summed E-state index contributed by atoms with van der Waals surface area (Å²) < 4.78 is 10.7. The van der Waals surface area contributed by atoms with Crippen LogP contribution in [0.5, 0.6) is 11.5 Å². The molecule has 2 amide bonds. The van der Waals surface area contributed by atoms with Gasteiger partial charge < -0.3 is 25.0 Å². The Kier molecular flexibility index (Phi) is 8.73. The summed E-state index contributed by atoms with van der Waals surface area (Å²) in [5.74, 6) is 1.31. The first-order valence-corrected chi connectivity index (χ1v) is 11.5. The van der Waals surface area contributed by atoms with Crippen molar-refractivity contribution >= 4 is 28.9 Å². The number of amides is 2. The molecule has 7 nitrogen and oxygen atoms in total. The average Bonchev–Trinajstić information content (AvgIpc) is 2.84. The highest BCUT2D eigenvalue weighted by Crippen LogP contribution is 2.28. The monoisotopic (exact) mass is 475 g/mol.